The standard InChI is InChI=1S/C31H31N5O2/c1-5-36(6-2)28-16-13-26(14-17-28)32-34-27-15-20-30(23(4)21-27)35-33-25-11-9-24(10-12-25)31(37)38-29-18-7-22(3)8-19-29/h7-21H,5-6H2,1-4H3. The van der Waals surface area contributed by atoms with Crippen LogP contribution >= 0.6 is 0 Å². The molecule has 4 aromatic rings. The van der Waals surface area contributed by atoms with Crippen LogP contribution in [-0.2, 0) is 0 Å². The van der Waals surface area contributed by atoms with Crippen LogP contribution in [0.2, 0.25) is 0 Å². The minimum atomic E-state index is -0.419. The lowest BCUT2D eigenvalue weighted by Gasteiger charge is -2.20. The van der Waals surface area contributed by atoms with E-state index in [2.05, 4.69) is 51.3 Å². The van der Waals surface area contributed by atoms with Crippen LogP contribution in [-0.4, -0.2) is 19.1 Å². The van der Waals surface area contributed by atoms with Gasteiger partial charge in [-0.2, -0.15) is 20.5 Å². The van der Waals surface area contributed by atoms with Gasteiger partial charge in [0.2, 0.25) is 0 Å². The number of esters is 1. The number of nitrogens with zero attached hydrogens (tertiary/aromatic N) is 5. The van der Waals surface area contributed by atoms with Crippen molar-refractivity contribution < 1.29 is 9.53 Å². The Morgan fingerprint density at radius 3 is 1.84 bits per heavy atom. The molecule has 0 aliphatic heterocycles. The minimum absolute atomic E-state index is 0.419. The summed E-state index contributed by atoms with van der Waals surface area (Å²) >= 11 is 0. The van der Waals surface area contributed by atoms with Crippen LogP contribution in [0.3, 0.4) is 0 Å². The molecule has 0 heterocycles. The van der Waals surface area contributed by atoms with Crippen molar-refractivity contribution in [1.29, 1.82) is 0 Å². The Hall–Kier alpha value is -4.65. The highest BCUT2D eigenvalue weighted by Gasteiger charge is 2.08. The van der Waals surface area contributed by atoms with Gasteiger partial charge in [0.15, 0.2) is 0 Å². The van der Waals surface area contributed by atoms with Gasteiger partial charge in [-0.15, -0.1) is 0 Å². The van der Waals surface area contributed by atoms with E-state index in [0.29, 0.717) is 17.0 Å². The largest absolute Gasteiger partial charge is 0.423 e. The van der Waals surface area contributed by atoms with Gasteiger partial charge in [0.1, 0.15) is 5.75 Å². The van der Waals surface area contributed by atoms with Crippen molar-refractivity contribution in [3.8, 4) is 5.75 Å². The molecule has 0 unspecified atom stereocenters. The van der Waals surface area contributed by atoms with Crippen molar-refractivity contribution in [1.82, 2.24) is 0 Å². The fraction of sp³-hybridized carbons (Fsp3) is 0.194. The predicted octanol–water partition coefficient (Wildman–Crippen LogP) is 9.20. The quantitative estimate of drug-likeness (QED) is 0.129. The summed E-state index contributed by atoms with van der Waals surface area (Å²) in [5.41, 5.74) is 6.56. The summed E-state index contributed by atoms with van der Waals surface area (Å²) in [5, 5.41) is 17.4. The van der Waals surface area contributed by atoms with Crippen molar-refractivity contribution in [2.45, 2.75) is 27.7 Å². The molecule has 192 valence electrons. The molecule has 4 aromatic carbocycles. The third-order valence-corrected chi connectivity index (χ3v) is 6.05. The molecule has 0 atom stereocenters. The van der Waals surface area contributed by atoms with Crippen molar-refractivity contribution in [2.75, 3.05) is 18.0 Å². The Labute approximate surface area is 223 Å². The highest BCUT2D eigenvalue weighted by atomic mass is 16.5. The molecule has 0 radical (unpaired) electrons. The molecule has 7 heteroatoms. The van der Waals surface area contributed by atoms with Crippen LogP contribution in [0.15, 0.2) is 111 Å². The summed E-state index contributed by atoms with van der Waals surface area (Å²) in [6.45, 7) is 10.2. The first-order valence-electron chi connectivity index (χ1n) is 12.6. The van der Waals surface area contributed by atoms with Crippen LogP contribution in [0, 0.1) is 13.8 Å². The second-order valence-electron chi connectivity index (χ2n) is 8.81. The van der Waals surface area contributed by atoms with E-state index in [-0.39, 0.29) is 0 Å². The van der Waals surface area contributed by atoms with Gasteiger partial charge in [-0.3, -0.25) is 0 Å². The maximum Gasteiger partial charge on any atom is 0.343 e. The maximum atomic E-state index is 12.4. The van der Waals surface area contributed by atoms with Crippen LogP contribution in [0.4, 0.5) is 28.4 Å². The van der Waals surface area contributed by atoms with Crippen LogP contribution in [0.25, 0.3) is 0 Å². The lowest BCUT2D eigenvalue weighted by molar-refractivity contribution is 0.0734. The zero-order valence-electron chi connectivity index (χ0n) is 22.1. The minimum Gasteiger partial charge on any atom is -0.423 e. The molecular weight excluding hydrogens is 474 g/mol. The van der Waals surface area contributed by atoms with Gasteiger partial charge in [-0.05, 0) is 112 Å². The summed E-state index contributed by atoms with van der Waals surface area (Å²) in [7, 11) is 0. The second-order valence-corrected chi connectivity index (χ2v) is 8.81. The molecule has 4 rings (SSSR count). The van der Waals surface area contributed by atoms with Gasteiger partial charge in [0.25, 0.3) is 0 Å². The first-order valence-corrected chi connectivity index (χ1v) is 12.6. The number of anilines is 1. The van der Waals surface area contributed by atoms with Crippen molar-refractivity contribution in [3.05, 3.63) is 108 Å². The summed E-state index contributed by atoms with van der Waals surface area (Å²) in [4.78, 5) is 14.7. The Balaban J connectivity index is 1.37. The van der Waals surface area contributed by atoms with Crippen molar-refractivity contribution >= 4 is 34.4 Å². The Kier molecular flexibility index (Phi) is 8.72. The van der Waals surface area contributed by atoms with Gasteiger partial charge in [-0.25, -0.2) is 4.79 Å². The highest BCUT2D eigenvalue weighted by Crippen LogP contribution is 2.28. The lowest BCUT2D eigenvalue weighted by Crippen LogP contribution is -2.21. The number of benzene rings is 4. The topological polar surface area (TPSA) is 79.0 Å². The van der Waals surface area contributed by atoms with Crippen LogP contribution in [0.1, 0.15) is 35.3 Å². The van der Waals surface area contributed by atoms with Crippen molar-refractivity contribution in [3.63, 3.8) is 0 Å². The number of azo groups is 2. The Morgan fingerprint density at radius 2 is 1.24 bits per heavy atom. The van der Waals surface area contributed by atoms with E-state index < -0.39 is 5.97 Å². The molecule has 0 bridgehead atoms. The summed E-state index contributed by atoms with van der Waals surface area (Å²) in [6.07, 6.45) is 0. The Morgan fingerprint density at radius 1 is 0.684 bits per heavy atom. The number of hydrogen-bond donors (Lipinski definition) is 0. The molecule has 0 aromatic heterocycles. The number of aryl methyl sites for hydroxylation is 2. The van der Waals surface area contributed by atoms with Crippen LogP contribution in [0.5, 0.6) is 5.75 Å². The fourth-order valence-corrected chi connectivity index (χ4v) is 3.80. The van der Waals surface area contributed by atoms with Gasteiger partial charge in [0, 0.05) is 18.8 Å². The number of carbonyl (C=O) groups is 1. The lowest BCUT2D eigenvalue weighted by atomic mass is 10.2. The van der Waals surface area contributed by atoms with E-state index in [1.165, 1.54) is 5.69 Å². The Bertz CT molecular complexity index is 1420. The van der Waals surface area contributed by atoms with Gasteiger partial charge in [0.05, 0.1) is 28.3 Å². The van der Waals surface area contributed by atoms with E-state index in [1.54, 1.807) is 36.4 Å². The molecule has 0 saturated heterocycles. The van der Waals surface area contributed by atoms with E-state index in [9.17, 15) is 4.79 Å². The molecule has 0 spiro atoms. The first-order chi connectivity index (χ1) is 18.4. The summed E-state index contributed by atoms with van der Waals surface area (Å²) in [5.74, 6) is 0.0915. The summed E-state index contributed by atoms with van der Waals surface area (Å²) in [6, 6.07) is 27.9. The number of carbonyl (C=O) groups excluding carboxylic acids is 1. The first kappa shape index (κ1) is 26.4. The molecule has 38 heavy (non-hydrogen) atoms. The second kappa shape index (κ2) is 12.5. The SMILES string of the molecule is CCN(CC)c1ccc(N=Nc2ccc(N=Nc3ccc(C(=O)Oc4ccc(C)cc4)cc3)c(C)c2)cc1. The zero-order chi connectivity index (χ0) is 26.9. The smallest absolute Gasteiger partial charge is 0.343 e. The van der Waals surface area contributed by atoms with Crippen molar-refractivity contribution in [2.24, 2.45) is 20.5 Å². The third-order valence-electron chi connectivity index (χ3n) is 6.05. The van der Waals surface area contributed by atoms with E-state index in [0.717, 1.165) is 41.3 Å². The third kappa shape index (κ3) is 6.97. The molecular formula is C31H31N5O2. The predicted molar refractivity (Wildman–Crippen MR) is 152 cm³/mol. The van der Waals surface area contributed by atoms with E-state index in [1.807, 2.05) is 56.3 Å². The monoisotopic (exact) mass is 505 g/mol. The number of ether oxygens (including phenoxy) is 1. The van der Waals surface area contributed by atoms with Gasteiger partial charge in [-0.1, -0.05) is 17.7 Å². The van der Waals surface area contributed by atoms with E-state index >= 15 is 0 Å². The van der Waals surface area contributed by atoms with Gasteiger partial charge < -0.3 is 9.64 Å². The average molecular weight is 506 g/mol. The molecule has 7 nitrogen and oxygen atoms in total. The fourth-order valence-electron chi connectivity index (χ4n) is 3.80. The molecule has 0 N–H and O–H groups in total. The highest BCUT2D eigenvalue weighted by molar-refractivity contribution is 5.91. The maximum absolute atomic E-state index is 12.4. The normalized spacial score (nSPS) is 11.3. The zero-order valence-corrected chi connectivity index (χ0v) is 22.1. The van der Waals surface area contributed by atoms with Gasteiger partial charge >= 0.3 is 5.97 Å². The molecule has 0 amide bonds. The molecule has 0 aliphatic carbocycles. The average Bonchev–Trinajstić information content (AvgIpc) is 2.94. The molecule has 0 aliphatic rings. The molecule has 0 saturated carbocycles. The van der Waals surface area contributed by atoms with E-state index in [4.69, 9.17) is 4.74 Å². The molecule has 0 fully saturated rings. The summed E-state index contributed by atoms with van der Waals surface area (Å²) < 4.78 is 5.41. The number of hydrogen-bond acceptors (Lipinski definition) is 7. The van der Waals surface area contributed by atoms with Crippen LogP contribution < -0.4 is 9.64 Å². The number of rotatable bonds is 9.